The van der Waals surface area contributed by atoms with Crippen LogP contribution in [0.3, 0.4) is 0 Å². The fourth-order valence-corrected chi connectivity index (χ4v) is 4.43. The third-order valence-electron chi connectivity index (χ3n) is 5.08. The minimum atomic E-state index is -5.70. The zero-order valence-corrected chi connectivity index (χ0v) is 16.9. The van der Waals surface area contributed by atoms with Crippen LogP contribution in [0.5, 0.6) is 0 Å². The summed E-state index contributed by atoms with van der Waals surface area (Å²) in [6, 6.07) is 9.24. The van der Waals surface area contributed by atoms with Crippen molar-refractivity contribution < 1.29 is 30.8 Å². The van der Waals surface area contributed by atoms with E-state index in [1.165, 1.54) is 4.90 Å². The number of aryl methyl sites for hydroxylation is 1. The lowest BCUT2D eigenvalue weighted by molar-refractivity contribution is -0.0435. The van der Waals surface area contributed by atoms with Crippen molar-refractivity contribution in [3.8, 4) is 0 Å². The number of anilines is 1. The predicted molar refractivity (Wildman–Crippen MR) is 104 cm³/mol. The molecule has 1 aliphatic heterocycles. The van der Waals surface area contributed by atoms with Crippen molar-refractivity contribution in [2.24, 2.45) is 0 Å². The second-order valence-electron chi connectivity index (χ2n) is 7.11. The predicted octanol–water partition coefficient (Wildman–Crippen LogP) is 3.83. The highest BCUT2D eigenvalue weighted by Crippen LogP contribution is 2.37. The molecule has 5 nitrogen and oxygen atoms in total. The van der Waals surface area contributed by atoms with Crippen LogP contribution in [0.15, 0.2) is 47.4 Å². The van der Waals surface area contributed by atoms with E-state index in [9.17, 15) is 30.8 Å². The van der Waals surface area contributed by atoms with Crippen molar-refractivity contribution in [1.82, 2.24) is 5.32 Å². The number of rotatable bonds is 4. The monoisotopic (exact) mass is 444 g/mol. The summed E-state index contributed by atoms with van der Waals surface area (Å²) in [5.74, 6) is -1.31. The van der Waals surface area contributed by atoms with Gasteiger partial charge in [0, 0.05) is 24.7 Å². The third kappa shape index (κ3) is 4.43. The van der Waals surface area contributed by atoms with Crippen molar-refractivity contribution in [2.45, 2.75) is 36.2 Å². The summed E-state index contributed by atoms with van der Waals surface area (Å²) in [6.45, 7) is 2.24. The summed E-state index contributed by atoms with van der Waals surface area (Å²) in [7, 11) is -5.70. The van der Waals surface area contributed by atoms with Gasteiger partial charge >= 0.3 is 5.51 Å². The van der Waals surface area contributed by atoms with Crippen LogP contribution in [0.1, 0.15) is 28.8 Å². The minimum absolute atomic E-state index is 0.197. The van der Waals surface area contributed by atoms with Gasteiger partial charge in [0.05, 0.1) is 5.69 Å². The highest BCUT2D eigenvalue weighted by atomic mass is 32.2. The van der Waals surface area contributed by atoms with Crippen molar-refractivity contribution in [3.63, 3.8) is 0 Å². The number of nitrogens with one attached hydrogen (secondary N) is 1. The SMILES string of the molecule is Cc1ccccc1C(=O)NC1CCN(c2ccc(F)cc2S(=O)(=O)C(F)(F)F)CC1. The van der Waals surface area contributed by atoms with E-state index in [1.54, 1.807) is 12.1 Å². The summed E-state index contributed by atoms with van der Waals surface area (Å²) in [5.41, 5.74) is -4.37. The molecule has 0 aliphatic carbocycles. The molecule has 1 fully saturated rings. The molecule has 3 rings (SSSR count). The summed E-state index contributed by atoms with van der Waals surface area (Å²) < 4.78 is 76.4. The van der Waals surface area contributed by atoms with Gasteiger partial charge in [-0.2, -0.15) is 13.2 Å². The number of nitrogens with zero attached hydrogens (tertiary/aromatic N) is 1. The molecule has 0 aromatic heterocycles. The van der Waals surface area contributed by atoms with Crippen molar-refractivity contribution in [1.29, 1.82) is 0 Å². The molecule has 0 saturated carbocycles. The van der Waals surface area contributed by atoms with E-state index >= 15 is 0 Å². The number of amides is 1. The maximum atomic E-state index is 13.5. The molecule has 1 saturated heterocycles. The Bertz CT molecular complexity index is 1050. The first kappa shape index (κ1) is 22.1. The van der Waals surface area contributed by atoms with Gasteiger partial charge < -0.3 is 10.2 Å². The normalized spacial score (nSPS) is 15.8. The summed E-state index contributed by atoms with van der Waals surface area (Å²) in [6.07, 6.45) is 0.807. The smallest absolute Gasteiger partial charge is 0.370 e. The van der Waals surface area contributed by atoms with Crippen LogP contribution in [-0.2, 0) is 9.84 Å². The van der Waals surface area contributed by atoms with E-state index in [4.69, 9.17) is 0 Å². The Hall–Kier alpha value is -2.62. The maximum absolute atomic E-state index is 13.5. The van der Waals surface area contributed by atoms with E-state index in [-0.39, 0.29) is 30.7 Å². The molecule has 0 atom stereocenters. The van der Waals surface area contributed by atoms with Gasteiger partial charge in [0.15, 0.2) is 0 Å². The second kappa shape index (κ2) is 8.25. The van der Waals surface area contributed by atoms with Crippen LogP contribution < -0.4 is 10.2 Å². The summed E-state index contributed by atoms with van der Waals surface area (Å²) in [5, 5.41) is 2.90. The Morgan fingerprint density at radius 1 is 1.10 bits per heavy atom. The van der Waals surface area contributed by atoms with E-state index in [0.717, 1.165) is 17.7 Å². The van der Waals surface area contributed by atoms with Crippen molar-refractivity contribution in [2.75, 3.05) is 18.0 Å². The number of benzene rings is 2. The number of carbonyl (C=O) groups excluding carboxylic acids is 1. The molecule has 0 bridgehead atoms. The third-order valence-corrected chi connectivity index (χ3v) is 6.59. The molecule has 1 amide bonds. The van der Waals surface area contributed by atoms with Gasteiger partial charge in [0.1, 0.15) is 10.7 Å². The molecule has 0 radical (unpaired) electrons. The zero-order chi connectivity index (χ0) is 22.1. The summed E-state index contributed by atoms with van der Waals surface area (Å²) in [4.78, 5) is 12.8. The highest BCUT2D eigenvalue weighted by Gasteiger charge is 2.48. The molecule has 0 spiro atoms. The number of alkyl halides is 3. The van der Waals surface area contributed by atoms with Crippen LogP contribution in [0.4, 0.5) is 23.2 Å². The van der Waals surface area contributed by atoms with Gasteiger partial charge in [0.2, 0.25) is 0 Å². The van der Waals surface area contributed by atoms with Crippen molar-refractivity contribution in [3.05, 3.63) is 59.4 Å². The standard InChI is InChI=1S/C20H20F4N2O3S/c1-13-4-2-3-5-16(13)19(27)25-15-8-10-26(11-9-15)17-7-6-14(21)12-18(17)30(28,29)20(22,23)24/h2-7,12,15H,8-11H2,1H3,(H,25,27). The first-order valence-electron chi connectivity index (χ1n) is 9.23. The van der Waals surface area contributed by atoms with Crippen LogP contribution >= 0.6 is 0 Å². The van der Waals surface area contributed by atoms with E-state index in [2.05, 4.69) is 5.32 Å². The molecule has 1 N–H and O–H groups in total. The second-order valence-corrected chi connectivity index (χ2v) is 9.02. The number of piperidine rings is 1. The number of halogens is 4. The number of hydrogen-bond donors (Lipinski definition) is 1. The minimum Gasteiger partial charge on any atom is -0.370 e. The molecule has 2 aromatic rings. The largest absolute Gasteiger partial charge is 0.501 e. The Morgan fingerprint density at radius 2 is 1.73 bits per heavy atom. The lowest BCUT2D eigenvalue weighted by atomic mass is 10.0. The van der Waals surface area contributed by atoms with Crippen LogP contribution in [0, 0.1) is 12.7 Å². The fraction of sp³-hybridized carbons (Fsp3) is 0.350. The Morgan fingerprint density at radius 3 is 2.33 bits per heavy atom. The van der Waals surface area contributed by atoms with Gasteiger partial charge in [-0.1, -0.05) is 18.2 Å². The molecule has 0 unspecified atom stereocenters. The molecule has 2 aromatic carbocycles. The van der Waals surface area contributed by atoms with Gasteiger partial charge in [0.25, 0.3) is 15.7 Å². The van der Waals surface area contributed by atoms with Gasteiger partial charge in [-0.05, 0) is 49.6 Å². The highest BCUT2D eigenvalue weighted by molar-refractivity contribution is 7.92. The van der Waals surface area contributed by atoms with E-state index in [0.29, 0.717) is 24.5 Å². The van der Waals surface area contributed by atoms with Gasteiger partial charge in [-0.25, -0.2) is 12.8 Å². The average Bonchev–Trinajstić information content (AvgIpc) is 2.68. The number of sulfone groups is 1. The topological polar surface area (TPSA) is 66.5 Å². The van der Waals surface area contributed by atoms with Crippen LogP contribution in [0.25, 0.3) is 0 Å². The van der Waals surface area contributed by atoms with Crippen LogP contribution in [-0.4, -0.2) is 39.0 Å². The molecule has 30 heavy (non-hydrogen) atoms. The van der Waals surface area contributed by atoms with Gasteiger partial charge in [-0.3, -0.25) is 4.79 Å². The quantitative estimate of drug-likeness (QED) is 0.728. The lowest BCUT2D eigenvalue weighted by Gasteiger charge is -2.35. The molecule has 1 heterocycles. The first-order valence-corrected chi connectivity index (χ1v) is 10.7. The summed E-state index contributed by atoms with van der Waals surface area (Å²) >= 11 is 0. The molecule has 162 valence electrons. The van der Waals surface area contributed by atoms with Crippen molar-refractivity contribution >= 4 is 21.4 Å². The molecule has 10 heteroatoms. The Balaban J connectivity index is 1.74. The van der Waals surface area contributed by atoms with Gasteiger partial charge in [-0.15, -0.1) is 0 Å². The Kier molecular flexibility index (Phi) is 6.07. The zero-order valence-electron chi connectivity index (χ0n) is 16.0. The maximum Gasteiger partial charge on any atom is 0.501 e. The van der Waals surface area contributed by atoms with E-state index < -0.39 is 26.1 Å². The molecular weight excluding hydrogens is 424 g/mol. The first-order chi connectivity index (χ1) is 14.0. The number of hydrogen-bond acceptors (Lipinski definition) is 4. The van der Waals surface area contributed by atoms with Crippen LogP contribution in [0.2, 0.25) is 0 Å². The fourth-order valence-electron chi connectivity index (χ4n) is 3.44. The van der Waals surface area contributed by atoms with E-state index in [1.807, 2.05) is 19.1 Å². The number of carbonyl (C=O) groups is 1. The molecule has 1 aliphatic rings. The Labute approximate surface area is 171 Å². The lowest BCUT2D eigenvalue weighted by Crippen LogP contribution is -2.45. The average molecular weight is 444 g/mol. The molecular formula is C20H20F4N2O3S.